The molecule has 2 aliphatic rings. The summed E-state index contributed by atoms with van der Waals surface area (Å²) in [5.41, 5.74) is 0. The molecule has 28 heavy (non-hydrogen) atoms. The first-order valence-electron chi connectivity index (χ1n) is 11.1. The van der Waals surface area contributed by atoms with Gasteiger partial charge in [0.1, 0.15) is 0 Å². The highest BCUT2D eigenvalue weighted by Crippen LogP contribution is 2.15. The van der Waals surface area contributed by atoms with Crippen LogP contribution in [0.15, 0.2) is 4.99 Å². The van der Waals surface area contributed by atoms with Crippen LogP contribution in [0.3, 0.4) is 0 Å². The minimum Gasteiger partial charge on any atom is -0.381 e. The molecule has 0 unspecified atom stereocenters. The summed E-state index contributed by atoms with van der Waals surface area (Å²) in [4.78, 5) is 7.33. The lowest BCUT2D eigenvalue weighted by molar-refractivity contribution is 0.0205. The summed E-state index contributed by atoms with van der Waals surface area (Å²) in [6.45, 7) is 15.5. The van der Waals surface area contributed by atoms with E-state index in [-0.39, 0.29) is 24.0 Å². The van der Waals surface area contributed by atoms with Gasteiger partial charge in [0.2, 0.25) is 0 Å². The fourth-order valence-electron chi connectivity index (χ4n) is 3.81. The van der Waals surface area contributed by atoms with Crippen molar-refractivity contribution in [3.8, 4) is 0 Å². The second-order valence-electron chi connectivity index (χ2n) is 8.36. The van der Waals surface area contributed by atoms with E-state index in [2.05, 4.69) is 36.3 Å². The van der Waals surface area contributed by atoms with Crippen molar-refractivity contribution in [3.63, 3.8) is 0 Å². The van der Waals surface area contributed by atoms with Crippen LogP contribution in [-0.2, 0) is 9.47 Å². The zero-order valence-corrected chi connectivity index (χ0v) is 20.6. The zero-order chi connectivity index (χ0) is 19.3. The molecule has 166 valence electrons. The first-order chi connectivity index (χ1) is 13.2. The number of hydrogen-bond acceptors (Lipinski definition) is 4. The maximum absolute atomic E-state index is 5.84. The van der Waals surface area contributed by atoms with Gasteiger partial charge in [0.05, 0.1) is 0 Å². The van der Waals surface area contributed by atoms with E-state index in [1.807, 2.05) is 0 Å². The summed E-state index contributed by atoms with van der Waals surface area (Å²) >= 11 is 0. The van der Waals surface area contributed by atoms with Crippen molar-refractivity contribution >= 4 is 29.9 Å². The van der Waals surface area contributed by atoms with E-state index >= 15 is 0 Å². The molecule has 2 aliphatic heterocycles. The largest absolute Gasteiger partial charge is 0.381 e. The second kappa shape index (κ2) is 15.7. The van der Waals surface area contributed by atoms with Crippen LogP contribution in [0.1, 0.15) is 52.9 Å². The van der Waals surface area contributed by atoms with Gasteiger partial charge in [-0.25, -0.2) is 0 Å². The SMILES string of the molecule is CCNC(=NCCCOCC1CCOCC1)NC1CCN(CC(C)C)CC1.I. The highest BCUT2D eigenvalue weighted by atomic mass is 127. The van der Waals surface area contributed by atoms with Gasteiger partial charge in [-0.05, 0) is 50.9 Å². The molecule has 0 amide bonds. The van der Waals surface area contributed by atoms with Gasteiger partial charge in [-0.2, -0.15) is 0 Å². The van der Waals surface area contributed by atoms with E-state index in [9.17, 15) is 0 Å². The normalized spacial score (nSPS) is 20.2. The Morgan fingerprint density at radius 3 is 2.54 bits per heavy atom. The number of halogens is 1. The molecule has 0 bridgehead atoms. The molecule has 2 saturated heterocycles. The summed E-state index contributed by atoms with van der Waals surface area (Å²) < 4.78 is 11.2. The van der Waals surface area contributed by atoms with E-state index < -0.39 is 0 Å². The molecule has 0 radical (unpaired) electrons. The summed E-state index contributed by atoms with van der Waals surface area (Å²) in [5, 5.41) is 7.02. The number of ether oxygens (including phenoxy) is 2. The van der Waals surface area contributed by atoms with E-state index in [1.165, 1.54) is 32.5 Å². The summed E-state index contributed by atoms with van der Waals surface area (Å²) in [5.74, 6) is 2.40. The Morgan fingerprint density at radius 2 is 1.89 bits per heavy atom. The third kappa shape index (κ3) is 11.2. The van der Waals surface area contributed by atoms with Crippen molar-refractivity contribution in [1.82, 2.24) is 15.5 Å². The standard InChI is InChI=1S/C21H42N4O2.HI/c1-4-22-21(24-20-6-11-25(12-7-20)16-18(2)3)23-10-5-13-27-17-19-8-14-26-15-9-19;/h18-20H,4-17H2,1-3H3,(H2,22,23,24);1H. The van der Waals surface area contributed by atoms with Gasteiger partial charge in [0, 0.05) is 65.2 Å². The quantitative estimate of drug-likeness (QED) is 0.205. The fraction of sp³-hybridized carbons (Fsp3) is 0.952. The minimum absolute atomic E-state index is 0. The first-order valence-corrected chi connectivity index (χ1v) is 11.1. The van der Waals surface area contributed by atoms with Crippen LogP contribution >= 0.6 is 24.0 Å². The Morgan fingerprint density at radius 1 is 1.18 bits per heavy atom. The maximum Gasteiger partial charge on any atom is 0.191 e. The van der Waals surface area contributed by atoms with E-state index in [4.69, 9.17) is 14.5 Å². The lowest BCUT2D eigenvalue weighted by Crippen LogP contribution is -2.49. The Hall–Kier alpha value is -0.120. The third-order valence-corrected chi connectivity index (χ3v) is 5.31. The molecule has 2 heterocycles. The molecule has 0 aromatic rings. The Balaban J connectivity index is 0.00000392. The lowest BCUT2D eigenvalue weighted by atomic mass is 10.0. The van der Waals surface area contributed by atoms with Crippen LogP contribution in [0.25, 0.3) is 0 Å². The number of nitrogens with one attached hydrogen (secondary N) is 2. The van der Waals surface area contributed by atoms with Gasteiger partial charge in [-0.15, -0.1) is 24.0 Å². The molecule has 0 aromatic heterocycles. The van der Waals surface area contributed by atoms with Gasteiger partial charge in [0.25, 0.3) is 0 Å². The molecule has 2 rings (SSSR count). The van der Waals surface area contributed by atoms with Crippen molar-refractivity contribution in [3.05, 3.63) is 0 Å². The van der Waals surface area contributed by atoms with Gasteiger partial charge in [-0.3, -0.25) is 4.99 Å². The van der Waals surface area contributed by atoms with Crippen LogP contribution in [0, 0.1) is 11.8 Å². The molecule has 7 heteroatoms. The third-order valence-electron chi connectivity index (χ3n) is 5.31. The molecular weight excluding hydrogens is 467 g/mol. The van der Waals surface area contributed by atoms with Crippen molar-refractivity contribution in [1.29, 1.82) is 0 Å². The number of aliphatic imine (C=N–C) groups is 1. The summed E-state index contributed by atoms with van der Waals surface area (Å²) in [6, 6.07) is 0.538. The first kappa shape index (κ1) is 25.9. The van der Waals surface area contributed by atoms with Crippen LogP contribution in [0.2, 0.25) is 0 Å². The predicted molar refractivity (Wildman–Crippen MR) is 128 cm³/mol. The van der Waals surface area contributed by atoms with E-state index in [1.54, 1.807) is 0 Å². The van der Waals surface area contributed by atoms with Gasteiger partial charge >= 0.3 is 0 Å². The summed E-state index contributed by atoms with van der Waals surface area (Å²) in [7, 11) is 0. The Labute approximate surface area is 189 Å². The topological polar surface area (TPSA) is 58.1 Å². The van der Waals surface area contributed by atoms with Crippen LogP contribution in [-0.4, -0.2) is 76.1 Å². The fourth-order valence-corrected chi connectivity index (χ4v) is 3.81. The van der Waals surface area contributed by atoms with Crippen LogP contribution in [0.5, 0.6) is 0 Å². The number of hydrogen-bond donors (Lipinski definition) is 2. The number of nitrogens with zero attached hydrogens (tertiary/aromatic N) is 2. The summed E-state index contributed by atoms with van der Waals surface area (Å²) in [6.07, 6.45) is 5.66. The van der Waals surface area contributed by atoms with Crippen molar-refractivity contribution in [2.24, 2.45) is 16.8 Å². The van der Waals surface area contributed by atoms with Crippen molar-refractivity contribution in [2.45, 2.75) is 58.9 Å². The van der Waals surface area contributed by atoms with Crippen LogP contribution in [0.4, 0.5) is 0 Å². The minimum atomic E-state index is 0. The molecular formula is C21H43IN4O2. The predicted octanol–water partition coefficient (Wildman–Crippen LogP) is 3.11. The molecule has 6 nitrogen and oxygen atoms in total. The lowest BCUT2D eigenvalue weighted by Gasteiger charge is -2.34. The zero-order valence-electron chi connectivity index (χ0n) is 18.3. The van der Waals surface area contributed by atoms with E-state index in [0.717, 1.165) is 70.7 Å². The smallest absolute Gasteiger partial charge is 0.191 e. The Bertz CT molecular complexity index is 409. The van der Waals surface area contributed by atoms with Gasteiger partial charge in [-0.1, -0.05) is 13.8 Å². The molecule has 0 atom stereocenters. The monoisotopic (exact) mass is 510 g/mol. The van der Waals surface area contributed by atoms with Crippen LogP contribution < -0.4 is 10.6 Å². The molecule has 2 fully saturated rings. The molecule has 0 saturated carbocycles. The highest BCUT2D eigenvalue weighted by molar-refractivity contribution is 14.0. The van der Waals surface area contributed by atoms with Crippen molar-refractivity contribution in [2.75, 3.05) is 59.2 Å². The molecule has 2 N–H and O–H groups in total. The van der Waals surface area contributed by atoms with Gasteiger partial charge < -0.3 is 25.0 Å². The van der Waals surface area contributed by atoms with Gasteiger partial charge in [0.15, 0.2) is 5.96 Å². The Kier molecular flexibility index (Phi) is 14.5. The average molecular weight is 511 g/mol. The van der Waals surface area contributed by atoms with E-state index in [0.29, 0.717) is 12.0 Å². The maximum atomic E-state index is 5.84. The number of piperidine rings is 1. The number of guanidine groups is 1. The molecule has 0 aliphatic carbocycles. The van der Waals surface area contributed by atoms with Crippen molar-refractivity contribution < 1.29 is 9.47 Å². The highest BCUT2D eigenvalue weighted by Gasteiger charge is 2.20. The second-order valence-corrected chi connectivity index (χ2v) is 8.36. The number of likely N-dealkylation sites (tertiary alicyclic amines) is 1. The average Bonchev–Trinajstić information content (AvgIpc) is 2.66. The molecule has 0 aromatic carbocycles. The number of rotatable bonds is 10. The molecule has 0 spiro atoms.